The monoisotopic (exact) mass is 247 g/mol. The number of hydrogen-bond donors (Lipinski definition) is 2. The van der Waals surface area contributed by atoms with Gasteiger partial charge in [0.05, 0.1) is 19.0 Å². The first-order valence-corrected chi connectivity index (χ1v) is 5.84. The van der Waals surface area contributed by atoms with Gasteiger partial charge in [-0.05, 0) is 17.7 Å². The van der Waals surface area contributed by atoms with Crippen molar-refractivity contribution in [2.24, 2.45) is 5.73 Å². The van der Waals surface area contributed by atoms with E-state index < -0.39 is 0 Å². The van der Waals surface area contributed by atoms with Crippen molar-refractivity contribution < 1.29 is 9.26 Å². The number of methoxy groups -OCH3 is 1. The average molecular weight is 247 g/mol. The summed E-state index contributed by atoms with van der Waals surface area (Å²) in [5, 5.41) is 6.98. The van der Waals surface area contributed by atoms with Gasteiger partial charge in [0, 0.05) is 19.5 Å². The van der Waals surface area contributed by atoms with Crippen LogP contribution in [0.15, 0.2) is 35.0 Å². The second kappa shape index (κ2) is 6.07. The van der Waals surface area contributed by atoms with Gasteiger partial charge in [-0.25, -0.2) is 0 Å². The lowest BCUT2D eigenvalue weighted by molar-refractivity contribution is 0.390. The Kier molecular flexibility index (Phi) is 4.20. The number of hydrogen-bond acceptors (Lipinski definition) is 5. The SMILES string of the molecule is COc1ccc(Cc2oncc2NCCN)cc1. The summed E-state index contributed by atoms with van der Waals surface area (Å²) in [6.07, 6.45) is 2.37. The molecule has 0 aliphatic heterocycles. The molecule has 96 valence electrons. The third-order valence-corrected chi connectivity index (χ3v) is 2.63. The summed E-state index contributed by atoms with van der Waals surface area (Å²) in [6, 6.07) is 7.87. The molecule has 3 N–H and O–H groups in total. The second-order valence-corrected chi connectivity index (χ2v) is 3.90. The maximum absolute atomic E-state index is 5.45. The van der Waals surface area contributed by atoms with Crippen LogP contribution in [-0.2, 0) is 6.42 Å². The molecular weight excluding hydrogens is 230 g/mol. The molecule has 0 spiro atoms. The van der Waals surface area contributed by atoms with Crippen LogP contribution in [0.1, 0.15) is 11.3 Å². The largest absolute Gasteiger partial charge is 0.497 e. The molecule has 0 fully saturated rings. The smallest absolute Gasteiger partial charge is 0.164 e. The van der Waals surface area contributed by atoms with Crippen molar-refractivity contribution in [3.05, 3.63) is 41.8 Å². The van der Waals surface area contributed by atoms with Crippen molar-refractivity contribution in [1.82, 2.24) is 5.16 Å². The molecule has 0 unspecified atom stereocenters. The van der Waals surface area contributed by atoms with Crippen molar-refractivity contribution >= 4 is 5.69 Å². The molecule has 18 heavy (non-hydrogen) atoms. The van der Waals surface area contributed by atoms with Gasteiger partial charge >= 0.3 is 0 Å². The summed E-state index contributed by atoms with van der Waals surface area (Å²) in [6.45, 7) is 1.28. The molecule has 0 saturated carbocycles. The van der Waals surface area contributed by atoms with Gasteiger partial charge < -0.3 is 20.3 Å². The van der Waals surface area contributed by atoms with E-state index >= 15 is 0 Å². The molecule has 0 amide bonds. The first-order valence-electron chi connectivity index (χ1n) is 5.84. The van der Waals surface area contributed by atoms with Crippen LogP contribution < -0.4 is 15.8 Å². The zero-order valence-electron chi connectivity index (χ0n) is 10.3. The second-order valence-electron chi connectivity index (χ2n) is 3.90. The standard InChI is InChI=1S/C13H17N3O2/c1-17-11-4-2-10(3-5-11)8-13-12(9-16-18-13)15-7-6-14/h2-5,9,15H,6-8,14H2,1H3. The van der Waals surface area contributed by atoms with E-state index in [1.54, 1.807) is 13.3 Å². The molecule has 0 bridgehead atoms. The molecule has 5 nitrogen and oxygen atoms in total. The number of nitrogens with one attached hydrogen (secondary N) is 1. The summed E-state index contributed by atoms with van der Waals surface area (Å²) < 4.78 is 10.4. The fourth-order valence-electron chi connectivity index (χ4n) is 1.67. The first-order chi connectivity index (χ1) is 8.83. The zero-order valence-corrected chi connectivity index (χ0v) is 10.3. The first kappa shape index (κ1) is 12.4. The topological polar surface area (TPSA) is 73.3 Å². The number of anilines is 1. The van der Waals surface area contributed by atoms with Crippen LogP contribution in [-0.4, -0.2) is 25.4 Å². The summed E-state index contributed by atoms with van der Waals surface area (Å²) >= 11 is 0. The van der Waals surface area contributed by atoms with E-state index in [0.29, 0.717) is 19.5 Å². The minimum Gasteiger partial charge on any atom is -0.497 e. The molecule has 1 heterocycles. The molecular formula is C13H17N3O2. The summed E-state index contributed by atoms with van der Waals surface area (Å²) in [5.41, 5.74) is 7.49. The van der Waals surface area contributed by atoms with E-state index in [2.05, 4.69) is 10.5 Å². The van der Waals surface area contributed by atoms with Gasteiger partial charge in [0.25, 0.3) is 0 Å². The fraction of sp³-hybridized carbons (Fsp3) is 0.308. The van der Waals surface area contributed by atoms with E-state index in [1.165, 1.54) is 0 Å². The van der Waals surface area contributed by atoms with Crippen LogP contribution >= 0.6 is 0 Å². The zero-order chi connectivity index (χ0) is 12.8. The molecule has 0 aliphatic rings. The highest BCUT2D eigenvalue weighted by molar-refractivity contribution is 5.46. The van der Waals surface area contributed by atoms with Crippen LogP contribution in [0.25, 0.3) is 0 Å². The predicted molar refractivity (Wildman–Crippen MR) is 69.8 cm³/mol. The van der Waals surface area contributed by atoms with E-state index in [9.17, 15) is 0 Å². The Bertz CT molecular complexity index is 479. The van der Waals surface area contributed by atoms with Crippen LogP contribution in [0, 0.1) is 0 Å². The van der Waals surface area contributed by atoms with Crippen molar-refractivity contribution in [3.63, 3.8) is 0 Å². The molecule has 2 rings (SSSR count). The maximum atomic E-state index is 5.45. The van der Waals surface area contributed by atoms with Crippen LogP contribution in [0.5, 0.6) is 5.75 Å². The minimum atomic E-state index is 0.577. The number of aromatic nitrogens is 1. The van der Waals surface area contributed by atoms with E-state index in [1.807, 2.05) is 24.3 Å². The Morgan fingerprint density at radius 2 is 2.11 bits per heavy atom. The third kappa shape index (κ3) is 3.01. The van der Waals surface area contributed by atoms with Gasteiger partial charge in [-0.15, -0.1) is 0 Å². The van der Waals surface area contributed by atoms with Crippen LogP contribution in [0.4, 0.5) is 5.69 Å². The Labute approximate surface area is 106 Å². The quantitative estimate of drug-likeness (QED) is 0.812. The number of nitrogens with zero attached hydrogens (tertiary/aromatic N) is 1. The molecule has 0 saturated heterocycles. The molecule has 0 atom stereocenters. The number of nitrogens with two attached hydrogens (primary N) is 1. The van der Waals surface area contributed by atoms with E-state index in [-0.39, 0.29) is 0 Å². The number of rotatable bonds is 6. The lowest BCUT2D eigenvalue weighted by atomic mass is 10.1. The number of benzene rings is 1. The van der Waals surface area contributed by atoms with E-state index in [0.717, 1.165) is 22.8 Å². The third-order valence-electron chi connectivity index (χ3n) is 2.63. The Balaban J connectivity index is 2.05. The maximum Gasteiger partial charge on any atom is 0.164 e. The van der Waals surface area contributed by atoms with Crippen LogP contribution in [0.3, 0.4) is 0 Å². The Morgan fingerprint density at radius 1 is 1.33 bits per heavy atom. The summed E-state index contributed by atoms with van der Waals surface area (Å²) in [4.78, 5) is 0. The van der Waals surface area contributed by atoms with Gasteiger partial charge in [0.2, 0.25) is 0 Å². The average Bonchev–Trinajstić information content (AvgIpc) is 2.84. The van der Waals surface area contributed by atoms with Gasteiger partial charge in [0.1, 0.15) is 5.75 Å². The van der Waals surface area contributed by atoms with E-state index in [4.69, 9.17) is 15.0 Å². The van der Waals surface area contributed by atoms with Gasteiger partial charge in [-0.3, -0.25) is 0 Å². The lowest BCUT2D eigenvalue weighted by Gasteiger charge is -2.04. The molecule has 2 aromatic rings. The highest BCUT2D eigenvalue weighted by Gasteiger charge is 2.08. The molecule has 5 heteroatoms. The van der Waals surface area contributed by atoms with Crippen molar-refractivity contribution in [2.75, 3.05) is 25.5 Å². The minimum absolute atomic E-state index is 0.577. The van der Waals surface area contributed by atoms with Gasteiger partial charge in [0.15, 0.2) is 5.76 Å². The molecule has 1 aromatic carbocycles. The summed E-state index contributed by atoms with van der Waals surface area (Å²) in [7, 11) is 1.65. The highest BCUT2D eigenvalue weighted by atomic mass is 16.5. The van der Waals surface area contributed by atoms with Crippen molar-refractivity contribution in [1.29, 1.82) is 0 Å². The molecule has 0 radical (unpaired) electrons. The van der Waals surface area contributed by atoms with Crippen molar-refractivity contribution in [2.45, 2.75) is 6.42 Å². The van der Waals surface area contributed by atoms with Gasteiger partial charge in [-0.1, -0.05) is 17.3 Å². The van der Waals surface area contributed by atoms with Crippen molar-refractivity contribution in [3.8, 4) is 5.75 Å². The molecule has 0 aliphatic carbocycles. The fourth-order valence-corrected chi connectivity index (χ4v) is 1.67. The normalized spacial score (nSPS) is 10.3. The highest BCUT2D eigenvalue weighted by Crippen LogP contribution is 2.20. The summed E-state index contributed by atoms with van der Waals surface area (Å²) in [5.74, 6) is 1.66. The predicted octanol–water partition coefficient (Wildman–Crippen LogP) is 1.64. The number of ether oxygens (including phenoxy) is 1. The Hall–Kier alpha value is -2.01. The van der Waals surface area contributed by atoms with Gasteiger partial charge in [-0.2, -0.15) is 0 Å². The Morgan fingerprint density at radius 3 is 2.78 bits per heavy atom. The van der Waals surface area contributed by atoms with Crippen LogP contribution in [0.2, 0.25) is 0 Å². The molecule has 1 aromatic heterocycles. The lowest BCUT2D eigenvalue weighted by Crippen LogP contribution is -2.13.